The van der Waals surface area contributed by atoms with Crippen molar-refractivity contribution in [2.24, 2.45) is 0 Å². The molecular formula is C20H18ClF4N5O. The zero-order valence-electron chi connectivity index (χ0n) is 16.6. The van der Waals surface area contributed by atoms with E-state index in [1.807, 2.05) is 6.92 Å². The van der Waals surface area contributed by atoms with Crippen molar-refractivity contribution in [3.05, 3.63) is 58.4 Å². The number of nitrogens with zero attached hydrogens (tertiary/aromatic N) is 5. The number of carbonyl (C=O) groups excluding carboxylic acids is 1. The molecule has 0 radical (unpaired) electrons. The van der Waals surface area contributed by atoms with Crippen LogP contribution in [0.25, 0.3) is 5.69 Å². The molecule has 0 aliphatic carbocycles. The first-order valence-corrected chi connectivity index (χ1v) is 9.97. The van der Waals surface area contributed by atoms with Crippen molar-refractivity contribution in [2.75, 3.05) is 11.4 Å². The molecule has 0 bridgehead atoms. The number of hydrogen-bond acceptors (Lipinski definition) is 3. The molecule has 1 aromatic carbocycles. The highest BCUT2D eigenvalue weighted by Crippen LogP contribution is 2.38. The molecule has 0 N–H and O–H groups in total. The minimum atomic E-state index is -4.71. The van der Waals surface area contributed by atoms with Crippen LogP contribution in [-0.2, 0) is 17.4 Å². The SMILES string of the molecule is CCc1c(N2CCC(n3nc(C(F)(F)F)c(Cl)c3C)C2=O)cnn1-c1ccc(F)cc1. The molecule has 4 rings (SSSR count). The van der Waals surface area contributed by atoms with E-state index in [0.29, 0.717) is 24.3 Å². The molecule has 1 saturated heterocycles. The highest BCUT2D eigenvalue weighted by Gasteiger charge is 2.42. The third-order valence-corrected chi connectivity index (χ3v) is 5.81. The largest absolute Gasteiger partial charge is 0.436 e. The summed E-state index contributed by atoms with van der Waals surface area (Å²) in [5.41, 5.74) is 0.818. The second-order valence-corrected chi connectivity index (χ2v) is 7.58. The molecular weight excluding hydrogens is 438 g/mol. The highest BCUT2D eigenvalue weighted by molar-refractivity contribution is 6.32. The van der Waals surface area contributed by atoms with Crippen LogP contribution in [0.1, 0.15) is 36.5 Å². The zero-order valence-corrected chi connectivity index (χ0v) is 17.4. The van der Waals surface area contributed by atoms with E-state index < -0.39 is 22.9 Å². The van der Waals surface area contributed by atoms with Crippen LogP contribution in [0.4, 0.5) is 23.2 Å². The molecule has 2 aromatic heterocycles. The second kappa shape index (κ2) is 7.67. The molecule has 1 fully saturated rings. The van der Waals surface area contributed by atoms with E-state index in [1.54, 1.807) is 16.8 Å². The van der Waals surface area contributed by atoms with E-state index in [1.165, 1.54) is 30.2 Å². The Hall–Kier alpha value is -2.88. The molecule has 3 heterocycles. The number of aromatic nitrogens is 4. The van der Waals surface area contributed by atoms with Crippen LogP contribution >= 0.6 is 11.6 Å². The lowest BCUT2D eigenvalue weighted by Crippen LogP contribution is -2.29. The fraction of sp³-hybridized carbons (Fsp3) is 0.350. The van der Waals surface area contributed by atoms with E-state index >= 15 is 0 Å². The fourth-order valence-corrected chi connectivity index (χ4v) is 4.07. The van der Waals surface area contributed by atoms with Crippen molar-refractivity contribution >= 4 is 23.2 Å². The van der Waals surface area contributed by atoms with Gasteiger partial charge in [0.25, 0.3) is 5.91 Å². The number of anilines is 1. The Morgan fingerprint density at radius 3 is 2.48 bits per heavy atom. The zero-order chi connectivity index (χ0) is 22.5. The molecule has 0 spiro atoms. The summed E-state index contributed by atoms with van der Waals surface area (Å²) in [4.78, 5) is 14.6. The Labute approximate surface area is 180 Å². The minimum Gasteiger partial charge on any atom is -0.307 e. The van der Waals surface area contributed by atoms with Gasteiger partial charge in [-0.05, 0) is 44.0 Å². The van der Waals surface area contributed by atoms with Crippen LogP contribution in [-0.4, -0.2) is 32.0 Å². The molecule has 31 heavy (non-hydrogen) atoms. The van der Waals surface area contributed by atoms with Gasteiger partial charge in [-0.2, -0.15) is 23.4 Å². The van der Waals surface area contributed by atoms with Crippen molar-refractivity contribution < 1.29 is 22.4 Å². The van der Waals surface area contributed by atoms with E-state index in [2.05, 4.69) is 10.2 Å². The van der Waals surface area contributed by atoms with Crippen LogP contribution < -0.4 is 4.90 Å². The number of halogens is 5. The predicted molar refractivity (Wildman–Crippen MR) is 106 cm³/mol. The first-order valence-electron chi connectivity index (χ1n) is 9.59. The Morgan fingerprint density at radius 1 is 1.23 bits per heavy atom. The summed E-state index contributed by atoms with van der Waals surface area (Å²) >= 11 is 5.84. The molecule has 3 aromatic rings. The van der Waals surface area contributed by atoms with Crippen molar-refractivity contribution in [1.29, 1.82) is 0 Å². The number of amides is 1. The Balaban J connectivity index is 1.67. The van der Waals surface area contributed by atoms with Gasteiger partial charge in [0.2, 0.25) is 0 Å². The van der Waals surface area contributed by atoms with Crippen LogP contribution in [0.3, 0.4) is 0 Å². The quantitative estimate of drug-likeness (QED) is 0.534. The van der Waals surface area contributed by atoms with Crippen molar-refractivity contribution in [1.82, 2.24) is 19.6 Å². The standard InChI is InChI=1S/C20H18ClF4N5O/c1-3-14-16(10-26-30(14)13-6-4-12(22)5-7-13)28-9-8-15(19(28)31)29-11(2)17(21)18(27-29)20(23,24)25/h4-7,10,15H,3,8-9H2,1-2H3. The molecule has 1 amide bonds. The molecule has 1 unspecified atom stereocenters. The smallest absolute Gasteiger partial charge is 0.307 e. The second-order valence-electron chi connectivity index (χ2n) is 7.20. The van der Waals surface area contributed by atoms with E-state index in [-0.39, 0.29) is 23.8 Å². The Kier molecular flexibility index (Phi) is 5.28. The van der Waals surface area contributed by atoms with Crippen LogP contribution in [0.5, 0.6) is 0 Å². The molecule has 11 heteroatoms. The first kappa shape index (κ1) is 21.4. The number of alkyl halides is 3. The lowest BCUT2D eigenvalue weighted by atomic mass is 10.2. The third kappa shape index (κ3) is 3.58. The van der Waals surface area contributed by atoms with Gasteiger partial charge in [-0.25, -0.2) is 9.07 Å². The van der Waals surface area contributed by atoms with Crippen molar-refractivity contribution in [3.8, 4) is 5.69 Å². The molecule has 1 aliphatic heterocycles. The molecule has 1 atom stereocenters. The normalized spacial score (nSPS) is 17.1. The number of carbonyl (C=O) groups is 1. The van der Waals surface area contributed by atoms with E-state index in [4.69, 9.17) is 11.6 Å². The summed E-state index contributed by atoms with van der Waals surface area (Å²) in [7, 11) is 0. The van der Waals surface area contributed by atoms with Gasteiger partial charge in [0.05, 0.1) is 34.0 Å². The molecule has 6 nitrogen and oxygen atoms in total. The van der Waals surface area contributed by atoms with Gasteiger partial charge in [0.15, 0.2) is 5.69 Å². The van der Waals surface area contributed by atoms with Crippen molar-refractivity contribution in [3.63, 3.8) is 0 Å². The average Bonchev–Trinajstić information content (AvgIpc) is 3.38. The fourth-order valence-electron chi connectivity index (χ4n) is 3.84. The third-order valence-electron chi connectivity index (χ3n) is 5.36. The average molecular weight is 456 g/mol. The highest BCUT2D eigenvalue weighted by atomic mass is 35.5. The topological polar surface area (TPSA) is 56.0 Å². The number of benzene rings is 1. The minimum absolute atomic E-state index is 0.0897. The summed E-state index contributed by atoms with van der Waals surface area (Å²) < 4.78 is 55.4. The van der Waals surface area contributed by atoms with Crippen LogP contribution in [0, 0.1) is 12.7 Å². The maximum absolute atomic E-state index is 13.3. The monoisotopic (exact) mass is 455 g/mol. The summed E-state index contributed by atoms with van der Waals surface area (Å²) in [6, 6.07) is 4.89. The maximum Gasteiger partial charge on any atom is 0.436 e. The van der Waals surface area contributed by atoms with Gasteiger partial charge in [-0.15, -0.1) is 0 Å². The number of hydrogen-bond donors (Lipinski definition) is 0. The van der Waals surface area contributed by atoms with E-state index in [9.17, 15) is 22.4 Å². The summed E-state index contributed by atoms with van der Waals surface area (Å²) in [6.07, 6.45) is -2.36. The first-order chi connectivity index (χ1) is 14.6. The predicted octanol–water partition coefficient (Wildman–Crippen LogP) is 4.73. The lowest BCUT2D eigenvalue weighted by Gasteiger charge is -2.18. The van der Waals surface area contributed by atoms with Crippen LogP contribution in [0.15, 0.2) is 30.5 Å². The summed E-state index contributed by atoms with van der Waals surface area (Å²) in [5, 5.41) is 7.44. The van der Waals surface area contributed by atoms with Gasteiger partial charge in [0.1, 0.15) is 11.9 Å². The van der Waals surface area contributed by atoms with Gasteiger partial charge in [-0.3, -0.25) is 9.48 Å². The Bertz CT molecular complexity index is 1140. The molecule has 0 saturated carbocycles. The van der Waals surface area contributed by atoms with Crippen molar-refractivity contribution in [2.45, 2.75) is 38.9 Å². The van der Waals surface area contributed by atoms with Gasteiger partial charge in [-0.1, -0.05) is 18.5 Å². The van der Waals surface area contributed by atoms with Gasteiger partial charge in [0, 0.05) is 6.54 Å². The van der Waals surface area contributed by atoms with E-state index in [0.717, 1.165) is 10.4 Å². The summed E-state index contributed by atoms with van der Waals surface area (Å²) in [5.74, 6) is -0.762. The molecule has 1 aliphatic rings. The lowest BCUT2D eigenvalue weighted by molar-refractivity contribution is -0.141. The summed E-state index contributed by atoms with van der Waals surface area (Å²) in [6.45, 7) is 3.60. The number of rotatable bonds is 4. The maximum atomic E-state index is 13.3. The molecule has 164 valence electrons. The Morgan fingerprint density at radius 2 is 1.90 bits per heavy atom. The van der Waals surface area contributed by atoms with Gasteiger partial charge >= 0.3 is 6.18 Å². The van der Waals surface area contributed by atoms with Crippen LogP contribution in [0.2, 0.25) is 5.02 Å². The van der Waals surface area contributed by atoms with Gasteiger partial charge < -0.3 is 4.90 Å².